The summed E-state index contributed by atoms with van der Waals surface area (Å²) in [6, 6.07) is 12.2. The number of hydrogen-bond donors (Lipinski definition) is 0. The molecule has 0 radical (unpaired) electrons. The molecule has 0 atom stereocenters. The van der Waals surface area contributed by atoms with Crippen molar-refractivity contribution in [2.45, 2.75) is 13.1 Å². The lowest BCUT2D eigenvalue weighted by atomic mass is 10.1. The minimum absolute atomic E-state index is 0.867. The SMILES string of the molecule is CN(Cc1cccnc1)Cc1coc2ccccc12. The molecule has 3 nitrogen and oxygen atoms in total. The summed E-state index contributed by atoms with van der Waals surface area (Å²) in [5.41, 5.74) is 3.40. The van der Waals surface area contributed by atoms with Crippen LogP contribution in [0.3, 0.4) is 0 Å². The maximum Gasteiger partial charge on any atom is 0.134 e. The number of furan rings is 1. The summed E-state index contributed by atoms with van der Waals surface area (Å²) in [6.45, 7) is 1.75. The van der Waals surface area contributed by atoms with E-state index in [1.807, 2.05) is 36.7 Å². The Morgan fingerprint density at radius 2 is 2.00 bits per heavy atom. The van der Waals surface area contributed by atoms with E-state index in [9.17, 15) is 0 Å². The molecule has 0 fully saturated rings. The monoisotopic (exact) mass is 252 g/mol. The lowest BCUT2D eigenvalue weighted by Crippen LogP contribution is -2.17. The van der Waals surface area contributed by atoms with E-state index in [-0.39, 0.29) is 0 Å². The zero-order valence-electron chi connectivity index (χ0n) is 10.9. The third-order valence-corrected chi connectivity index (χ3v) is 3.18. The molecule has 0 N–H and O–H groups in total. The van der Waals surface area contributed by atoms with Crippen molar-refractivity contribution in [1.29, 1.82) is 0 Å². The van der Waals surface area contributed by atoms with Crippen LogP contribution in [0.4, 0.5) is 0 Å². The number of rotatable bonds is 4. The summed E-state index contributed by atoms with van der Waals surface area (Å²) in [5.74, 6) is 0. The molecule has 0 aliphatic heterocycles. The van der Waals surface area contributed by atoms with E-state index < -0.39 is 0 Å². The first-order valence-corrected chi connectivity index (χ1v) is 6.35. The molecule has 1 aromatic carbocycles. The Morgan fingerprint density at radius 3 is 2.84 bits per heavy atom. The van der Waals surface area contributed by atoms with Crippen molar-refractivity contribution >= 4 is 11.0 Å². The fraction of sp³-hybridized carbons (Fsp3) is 0.188. The van der Waals surface area contributed by atoms with Crippen molar-refractivity contribution < 1.29 is 4.42 Å². The van der Waals surface area contributed by atoms with Gasteiger partial charge in [0.05, 0.1) is 6.26 Å². The van der Waals surface area contributed by atoms with Crippen LogP contribution in [0.25, 0.3) is 11.0 Å². The van der Waals surface area contributed by atoms with Gasteiger partial charge < -0.3 is 4.42 Å². The molecule has 0 saturated carbocycles. The molecule has 3 rings (SSSR count). The molecule has 0 aliphatic rings. The quantitative estimate of drug-likeness (QED) is 0.712. The lowest BCUT2D eigenvalue weighted by molar-refractivity contribution is 0.318. The fourth-order valence-corrected chi connectivity index (χ4v) is 2.31. The first-order chi connectivity index (χ1) is 9.33. The zero-order chi connectivity index (χ0) is 13.1. The second-order valence-corrected chi connectivity index (χ2v) is 4.79. The highest BCUT2D eigenvalue weighted by Crippen LogP contribution is 2.22. The molecule has 2 heterocycles. The van der Waals surface area contributed by atoms with Crippen LogP contribution in [-0.4, -0.2) is 16.9 Å². The first kappa shape index (κ1) is 11.9. The summed E-state index contributed by atoms with van der Waals surface area (Å²) in [5, 5.41) is 1.19. The van der Waals surface area contributed by atoms with Crippen LogP contribution >= 0.6 is 0 Å². The predicted molar refractivity (Wildman–Crippen MR) is 75.6 cm³/mol. The van der Waals surface area contributed by atoms with E-state index in [1.165, 1.54) is 16.5 Å². The third kappa shape index (κ3) is 2.66. The van der Waals surface area contributed by atoms with Gasteiger partial charge in [-0.2, -0.15) is 0 Å². The summed E-state index contributed by atoms with van der Waals surface area (Å²) in [7, 11) is 2.11. The maximum absolute atomic E-state index is 5.56. The van der Waals surface area contributed by atoms with Crippen LogP contribution in [0, 0.1) is 0 Å². The van der Waals surface area contributed by atoms with Gasteiger partial charge in [-0.15, -0.1) is 0 Å². The van der Waals surface area contributed by atoms with Gasteiger partial charge in [-0.1, -0.05) is 24.3 Å². The summed E-state index contributed by atoms with van der Waals surface area (Å²) < 4.78 is 5.56. The van der Waals surface area contributed by atoms with E-state index in [0.717, 1.165) is 18.7 Å². The van der Waals surface area contributed by atoms with E-state index in [1.54, 1.807) is 6.20 Å². The Morgan fingerprint density at radius 1 is 1.11 bits per heavy atom. The van der Waals surface area contributed by atoms with Crippen molar-refractivity contribution in [1.82, 2.24) is 9.88 Å². The molecule has 0 spiro atoms. The van der Waals surface area contributed by atoms with E-state index >= 15 is 0 Å². The van der Waals surface area contributed by atoms with Gasteiger partial charge in [-0.25, -0.2) is 0 Å². The van der Waals surface area contributed by atoms with E-state index in [2.05, 4.69) is 29.1 Å². The number of hydrogen-bond acceptors (Lipinski definition) is 3. The van der Waals surface area contributed by atoms with Crippen LogP contribution < -0.4 is 0 Å². The second-order valence-electron chi connectivity index (χ2n) is 4.79. The molecule has 0 bridgehead atoms. The van der Waals surface area contributed by atoms with Crippen molar-refractivity contribution in [2.75, 3.05) is 7.05 Å². The molecular formula is C16H16N2O. The van der Waals surface area contributed by atoms with Crippen molar-refractivity contribution in [3.05, 3.63) is 66.2 Å². The van der Waals surface area contributed by atoms with Crippen LogP contribution in [-0.2, 0) is 13.1 Å². The Labute approximate surface area is 112 Å². The summed E-state index contributed by atoms with van der Waals surface area (Å²) >= 11 is 0. The zero-order valence-corrected chi connectivity index (χ0v) is 10.9. The minimum atomic E-state index is 0.867. The number of benzene rings is 1. The van der Waals surface area contributed by atoms with Gasteiger partial charge in [0.25, 0.3) is 0 Å². The molecule has 19 heavy (non-hydrogen) atoms. The molecule has 3 aromatic rings. The highest BCUT2D eigenvalue weighted by Gasteiger charge is 2.08. The Hall–Kier alpha value is -2.13. The Balaban J connectivity index is 1.74. The topological polar surface area (TPSA) is 29.3 Å². The molecule has 0 aliphatic carbocycles. The predicted octanol–water partition coefficient (Wildman–Crippen LogP) is 3.46. The van der Waals surface area contributed by atoms with Crippen LogP contribution in [0.2, 0.25) is 0 Å². The van der Waals surface area contributed by atoms with E-state index in [0.29, 0.717) is 0 Å². The van der Waals surface area contributed by atoms with Crippen molar-refractivity contribution in [3.8, 4) is 0 Å². The minimum Gasteiger partial charge on any atom is -0.464 e. The fourth-order valence-electron chi connectivity index (χ4n) is 2.31. The van der Waals surface area contributed by atoms with Crippen molar-refractivity contribution in [3.63, 3.8) is 0 Å². The van der Waals surface area contributed by atoms with Crippen molar-refractivity contribution in [2.24, 2.45) is 0 Å². The van der Waals surface area contributed by atoms with Gasteiger partial charge in [0.15, 0.2) is 0 Å². The maximum atomic E-state index is 5.56. The summed E-state index contributed by atoms with van der Waals surface area (Å²) in [4.78, 5) is 6.40. The highest BCUT2D eigenvalue weighted by atomic mass is 16.3. The second kappa shape index (κ2) is 5.24. The molecule has 96 valence electrons. The number of nitrogens with zero attached hydrogens (tertiary/aromatic N) is 2. The first-order valence-electron chi connectivity index (χ1n) is 6.35. The largest absolute Gasteiger partial charge is 0.464 e. The summed E-state index contributed by atoms with van der Waals surface area (Å²) in [6.07, 6.45) is 5.56. The normalized spacial score (nSPS) is 11.3. The number of fused-ring (bicyclic) bond motifs is 1. The Bertz CT molecular complexity index is 661. The standard InChI is InChI=1S/C16H16N2O/c1-18(10-13-5-4-8-17-9-13)11-14-12-19-16-7-3-2-6-15(14)16/h2-9,12H,10-11H2,1H3. The van der Waals surface area contributed by atoms with Gasteiger partial charge in [0.2, 0.25) is 0 Å². The lowest BCUT2D eigenvalue weighted by Gasteiger charge is -2.15. The number of para-hydroxylation sites is 1. The molecule has 0 saturated heterocycles. The average Bonchev–Trinajstić information content (AvgIpc) is 2.83. The third-order valence-electron chi connectivity index (χ3n) is 3.18. The number of aromatic nitrogens is 1. The molecule has 0 amide bonds. The van der Waals surface area contributed by atoms with Gasteiger partial charge in [-0.05, 0) is 24.7 Å². The Kier molecular flexibility index (Phi) is 3.29. The van der Waals surface area contributed by atoms with Gasteiger partial charge in [-0.3, -0.25) is 9.88 Å². The average molecular weight is 252 g/mol. The molecule has 0 unspecified atom stereocenters. The molecule has 3 heteroatoms. The van der Waals surface area contributed by atoms with Crippen LogP contribution in [0.5, 0.6) is 0 Å². The highest BCUT2D eigenvalue weighted by molar-refractivity contribution is 5.80. The van der Waals surface area contributed by atoms with Gasteiger partial charge in [0, 0.05) is 36.4 Å². The number of pyridine rings is 1. The van der Waals surface area contributed by atoms with Gasteiger partial charge in [0.1, 0.15) is 5.58 Å². The van der Waals surface area contributed by atoms with Crippen LogP contribution in [0.1, 0.15) is 11.1 Å². The molecule has 2 aromatic heterocycles. The smallest absolute Gasteiger partial charge is 0.134 e. The van der Waals surface area contributed by atoms with E-state index in [4.69, 9.17) is 4.42 Å². The van der Waals surface area contributed by atoms with Gasteiger partial charge >= 0.3 is 0 Å². The molecular weight excluding hydrogens is 236 g/mol. The van der Waals surface area contributed by atoms with Crippen LogP contribution in [0.15, 0.2) is 59.5 Å².